The number of carbonyl (C=O) groups is 4. The van der Waals surface area contributed by atoms with E-state index < -0.39 is 0 Å². The molecule has 21 heteroatoms. The van der Waals surface area contributed by atoms with Crippen LogP contribution in [-0.4, -0.2) is 99.7 Å². The Morgan fingerprint density at radius 1 is 0.588 bits per heavy atom. The first-order valence-electron chi connectivity index (χ1n) is 25.7. The number of nitrogens with one attached hydrogen (secondary N) is 8. The molecule has 0 radical (unpaired) electrons. The summed E-state index contributed by atoms with van der Waals surface area (Å²) in [6, 6.07) is 36.9. The Bertz CT molecular complexity index is 3430. The normalized spacial score (nSPS) is 13.4. The maximum atomic E-state index is 13.3. The zero-order valence-electron chi connectivity index (χ0n) is 45.7. The number of aromatic nitrogens is 2. The van der Waals surface area contributed by atoms with Crippen molar-refractivity contribution in [2.24, 2.45) is 30.1 Å². The summed E-state index contributed by atoms with van der Waals surface area (Å²) in [6.45, 7) is 2.61. The van der Waals surface area contributed by atoms with E-state index in [-0.39, 0.29) is 47.9 Å². The minimum atomic E-state index is -0.133. The molecule has 1 aliphatic heterocycles. The lowest BCUT2D eigenvalue weighted by atomic mass is 9.82. The van der Waals surface area contributed by atoms with E-state index in [1.54, 1.807) is 69.7 Å². The third kappa shape index (κ3) is 13.5. The minimum absolute atomic E-state index is 0. The molecule has 3 aliphatic rings. The summed E-state index contributed by atoms with van der Waals surface area (Å²) >= 11 is 0. The summed E-state index contributed by atoms with van der Waals surface area (Å²) in [5.41, 5.74) is 20.8. The van der Waals surface area contributed by atoms with E-state index in [9.17, 15) is 19.2 Å². The number of quaternary nitrogens is 1. The summed E-state index contributed by atoms with van der Waals surface area (Å²) in [6.07, 6.45) is 9.56. The lowest BCUT2D eigenvalue weighted by Gasteiger charge is -2.23. The molecule has 0 spiro atoms. The van der Waals surface area contributed by atoms with Gasteiger partial charge in [-0.3, -0.25) is 24.6 Å². The van der Waals surface area contributed by atoms with Gasteiger partial charge in [0.25, 0.3) is 0 Å². The molecular weight excluding hydrogens is 1060 g/mol. The van der Waals surface area contributed by atoms with Gasteiger partial charge in [0.1, 0.15) is 29.0 Å². The van der Waals surface area contributed by atoms with Gasteiger partial charge in [0.15, 0.2) is 23.1 Å². The van der Waals surface area contributed by atoms with Crippen molar-refractivity contribution in [2.75, 3.05) is 98.9 Å². The highest BCUT2D eigenvalue weighted by Crippen LogP contribution is 2.38. The summed E-state index contributed by atoms with van der Waals surface area (Å²) in [7, 11) is 13.1. The van der Waals surface area contributed by atoms with Crippen LogP contribution in [0.25, 0.3) is 0 Å². The van der Waals surface area contributed by atoms with Crippen molar-refractivity contribution < 1.29 is 62.8 Å². The van der Waals surface area contributed by atoms with Crippen molar-refractivity contribution in [1.29, 1.82) is 0 Å². The van der Waals surface area contributed by atoms with Crippen LogP contribution in [0, 0.1) is 0 Å². The number of rotatable bonds is 17. The molecular formula is C59H67Cl2N14O5+. The Morgan fingerprint density at radius 3 is 1.49 bits per heavy atom. The molecule has 0 saturated heterocycles. The van der Waals surface area contributed by atoms with Crippen LogP contribution in [0.4, 0.5) is 45.8 Å². The number of benzene rings is 6. The molecule has 0 bridgehead atoms. The molecule has 1 aromatic heterocycles. The van der Waals surface area contributed by atoms with Crippen LogP contribution < -0.4 is 82.2 Å². The first-order chi connectivity index (χ1) is 37.9. The van der Waals surface area contributed by atoms with Gasteiger partial charge < -0.3 is 61.9 Å². The number of hydrogen-bond acceptors (Lipinski definition) is 15. The number of azo groups is 1. The van der Waals surface area contributed by atoms with Gasteiger partial charge in [-0.05, 0) is 97.3 Å². The summed E-state index contributed by atoms with van der Waals surface area (Å²) in [4.78, 5) is 53.5. The second-order valence-electron chi connectivity index (χ2n) is 18.5. The molecule has 0 saturated carbocycles. The Labute approximate surface area is 478 Å². The smallest absolute Gasteiger partial charge is 0.524 e. The number of fused-ring (bicyclic) bond motifs is 4. The molecule has 0 amide bonds. The number of methoxy groups -OCH3 is 1. The molecule has 80 heavy (non-hydrogen) atoms. The summed E-state index contributed by atoms with van der Waals surface area (Å²) in [5.74, 6) is 2.15. The number of nitrogens with zero attached hydrogens (tertiary/aromatic N) is 5. The number of guanidine groups is 1. The van der Waals surface area contributed by atoms with E-state index in [0.29, 0.717) is 86.9 Å². The Hall–Kier alpha value is -8.88. The van der Waals surface area contributed by atoms with Crippen molar-refractivity contribution in [1.82, 2.24) is 4.57 Å². The van der Waals surface area contributed by atoms with Gasteiger partial charge in [0.05, 0.1) is 75.6 Å². The number of halogens is 2. The zero-order valence-corrected chi connectivity index (χ0v) is 47.2. The van der Waals surface area contributed by atoms with Gasteiger partial charge in [0, 0.05) is 84.4 Å². The summed E-state index contributed by atoms with van der Waals surface area (Å²) in [5, 5.41) is 24.8. The number of nitrogens with two attached hydrogens (primary N) is 1. The highest BCUT2D eigenvalue weighted by Gasteiger charge is 2.35. The average molecular weight is 1120 g/mol. The molecule has 1 unspecified atom stereocenters. The number of anilines is 7. The average Bonchev–Trinajstić information content (AvgIpc) is 4.02. The number of imidazole rings is 1. The standard InChI is InChI=1S/C29H29N7O2.C18H19N3O2.C12H16N4O.2ClH/c1-30-23-13-14-24(26-25(23)27(37)21-7-4-5-8-22(21)28(26)38)32-16-6-15-31-19-9-11-20(12-10-19)33-34-29-35(2)17-18-36(29)3;1-20-13-7-8-14(21-10-4-9-19)16-15(13)17(22)11-5-2-3-6-12(11)18(16)23;1-15-8-9-16(2)12(15)14-13-10-4-6-11(17-3)7-5-10;;/h4-5,7-14,17-18H,6,15-16H2,1-3H3,(H2,30,31,32,33,37,38);2-3,5-8,20-21H,4,9-10,19H2,1H3;4-9,13H,1-3H3;2*1H/p+1. The molecule has 19 nitrogen and oxygen atoms in total. The molecule has 10 N–H and O–H groups in total. The molecule has 10 rings (SSSR count). The fourth-order valence-electron chi connectivity index (χ4n) is 9.14. The van der Waals surface area contributed by atoms with Crippen LogP contribution in [0.1, 0.15) is 76.5 Å². The van der Waals surface area contributed by atoms with E-state index in [1.165, 1.54) is 0 Å². The number of hydrogen-bond donors (Lipinski definition) is 9. The van der Waals surface area contributed by atoms with E-state index in [0.717, 1.165) is 59.0 Å². The number of carbonyl (C=O) groups excluding carboxylic acids is 4. The van der Waals surface area contributed by atoms with Crippen LogP contribution in [0.5, 0.6) is 5.75 Å². The number of hydrazine groups is 1. The molecule has 2 aliphatic carbocycles. The zero-order chi connectivity index (χ0) is 55.3. The van der Waals surface area contributed by atoms with E-state index in [2.05, 4.69) is 47.7 Å². The van der Waals surface area contributed by atoms with Crippen molar-refractivity contribution in [3.8, 4) is 5.75 Å². The van der Waals surface area contributed by atoms with Crippen LogP contribution in [-0.2, 0) is 14.1 Å². The van der Waals surface area contributed by atoms with Crippen molar-refractivity contribution in [2.45, 2.75) is 12.8 Å². The second-order valence-corrected chi connectivity index (χ2v) is 18.5. The summed E-state index contributed by atoms with van der Waals surface area (Å²) < 4.78 is 11.0. The van der Waals surface area contributed by atoms with E-state index in [1.807, 2.05) is 139 Å². The van der Waals surface area contributed by atoms with Gasteiger partial charge in [-0.15, -0.1) is 0 Å². The third-order valence-electron chi connectivity index (χ3n) is 13.3. The number of aryl methyl sites for hydroxylation is 2. The lowest BCUT2D eigenvalue weighted by Crippen LogP contribution is -3.06. The minimum Gasteiger partial charge on any atom is -1.00 e. The first-order valence-corrected chi connectivity index (χ1v) is 25.7. The fraction of sp³-hybridized carbons (Fsp3) is 0.220. The number of ketones is 4. The SMILES string of the molecule is CNc1ccc(NCCCN)c2c1C(=O)c1ccccc1C2=O.CNc1ccc(NCCCNc2ccc(N=NC3=[N+](C)C=C[NH+]3C)cc2)c2c1C(=O)c1ccccc1C2=O.COc1ccc(NNc2n(C)cc[n+]2C)cc1.[Cl-].[Cl-]. The molecule has 2 heterocycles. The number of ether oxygens (including phenoxy) is 1. The Balaban J connectivity index is 0.000000209. The van der Waals surface area contributed by atoms with E-state index in [4.69, 9.17) is 10.5 Å². The molecule has 0 fully saturated rings. The first kappa shape index (κ1) is 60.4. The molecule has 7 aromatic rings. The predicted molar refractivity (Wildman–Crippen MR) is 307 cm³/mol. The fourth-order valence-corrected chi connectivity index (χ4v) is 9.14. The van der Waals surface area contributed by atoms with Crippen LogP contribution in [0.3, 0.4) is 0 Å². The van der Waals surface area contributed by atoms with Crippen LogP contribution in [0.2, 0.25) is 0 Å². The van der Waals surface area contributed by atoms with Crippen molar-refractivity contribution in [3.63, 3.8) is 0 Å². The quantitative estimate of drug-likeness (QED) is 0.0270. The molecule has 6 aromatic carbocycles. The molecule has 416 valence electrons. The predicted octanol–water partition coefficient (Wildman–Crippen LogP) is 1.07. The maximum absolute atomic E-state index is 13.3. The van der Waals surface area contributed by atoms with Crippen LogP contribution in [0.15, 0.2) is 156 Å². The van der Waals surface area contributed by atoms with Crippen molar-refractivity contribution >= 4 is 74.9 Å². The van der Waals surface area contributed by atoms with E-state index >= 15 is 0 Å². The topological polar surface area (TPSA) is 229 Å². The van der Waals surface area contributed by atoms with Gasteiger partial charge in [-0.2, -0.15) is 14.9 Å². The van der Waals surface area contributed by atoms with Gasteiger partial charge >= 0.3 is 11.9 Å². The lowest BCUT2D eigenvalue weighted by molar-refractivity contribution is -0.735. The van der Waals surface area contributed by atoms with Gasteiger partial charge in [-0.25, -0.2) is 9.13 Å². The molecule has 1 atom stereocenters. The Kier molecular flexibility index (Phi) is 21.2. The van der Waals surface area contributed by atoms with Crippen molar-refractivity contribution in [3.05, 3.63) is 191 Å². The third-order valence-corrected chi connectivity index (χ3v) is 13.3. The highest BCUT2D eigenvalue weighted by molar-refractivity contribution is 6.33. The van der Waals surface area contributed by atoms with Gasteiger partial charge in [0.2, 0.25) is 0 Å². The second kappa shape index (κ2) is 28.1. The monoisotopic (exact) mass is 1120 g/mol. The Morgan fingerprint density at radius 2 is 1.05 bits per heavy atom. The largest absolute Gasteiger partial charge is 1.00 e. The van der Waals surface area contributed by atoms with Crippen LogP contribution >= 0.6 is 0 Å². The van der Waals surface area contributed by atoms with Gasteiger partial charge in [-0.1, -0.05) is 48.5 Å². The maximum Gasteiger partial charge on any atom is 0.524 e. The highest BCUT2D eigenvalue weighted by atomic mass is 35.5.